The molecule has 122 valence electrons. The number of nitrogens with zero attached hydrogens (tertiary/aromatic N) is 2. The summed E-state index contributed by atoms with van der Waals surface area (Å²) >= 11 is 0. The van der Waals surface area contributed by atoms with Crippen LogP contribution in [0.5, 0.6) is 0 Å². The highest BCUT2D eigenvalue weighted by Gasteiger charge is 2.21. The molecule has 20 heavy (non-hydrogen) atoms. The minimum absolute atomic E-state index is 0.125. The Balaban J connectivity index is 4.16. The van der Waals surface area contributed by atoms with Crippen LogP contribution in [0, 0.1) is 5.92 Å². The fraction of sp³-hybridized carbons (Fsp3) is 1.00. The molecule has 1 unspecified atom stereocenters. The van der Waals surface area contributed by atoms with Gasteiger partial charge in [0.2, 0.25) is 0 Å². The maximum absolute atomic E-state index is 9.52. The number of rotatable bonds is 12. The summed E-state index contributed by atoms with van der Waals surface area (Å²) < 4.78 is 0. The Hall–Kier alpha value is -0.160. The number of nitrogens with one attached hydrogen (secondary N) is 1. The van der Waals surface area contributed by atoms with Gasteiger partial charge in [0.15, 0.2) is 0 Å². The molecule has 0 rings (SSSR count). The van der Waals surface area contributed by atoms with E-state index in [1.54, 1.807) is 0 Å². The molecule has 0 aliphatic rings. The number of aliphatic hydroxyl groups excluding tert-OH is 1. The zero-order valence-electron chi connectivity index (χ0n) is 14.6. The summed E-state index contributed by atoms with van der Waals surface area (Å²) in [6, 6.07) is 0. The number of hydrogen-bond donors (Lipinski definition) is 2. The Kier molecular flexibility index (Phi) is 10.5. The largest absolute Gasteiger partial charge is 0.394 e. The van der Waals surface area contributed by atoms with E-state index in [0.717, 1.165) is 45.6 Å². The van der Waals surface area contributed by atoms with Crippen LogP contribution in [-0.4, -0.2) is 73.9 Å². The van der Waals surface area contributed by atoms with Crippen molar-refractivity contribution in [2.45, 2.75) is 46.1 Å². The van der Waals surface area contributed by atoms with Crippen molar-refractivity contribution in [3.63, 3.8) is 0 Å². The van der Waals surface area contributed by atoms with Crippen molar-refractivity contribution in [1.82, 2.24) is 15.1 Å². The summed E-state index contributed by atoms with van der Waals surface area (Å²) in [5.41, 5.74) is -0.125. The highest BCUT2D eigenvalue weighted by molar-refractivity contribution is 4.82. The van der Waals surface area contributed by atoms with E-state index >= 15 is 0 Å². The van der Waals surface area contributed by atoms with E-state index in [0.29, 0.717) is 5.92 Å². The van der Waals surface area contributed by atoms with Gasteiger partial charge in [0.05, 0.1) is 6.61 Å². The Morgan fingerprint density at radius 3 is 2.25 bits per heavy atom. The Labute approximate surface area is 126 Å². The lowest BCUT2D eigenvalue weighted by Gasteiger charge is -2.31. The second kappa shape index (κ2) is 10.6. The van der Waals surface area contributed by atoms with Crippen molar-refractivity contribution in [3.8, 4) is 0 Å². The second-order valence-corrected chi connectivity index (χ2v) is 6.85. The van der Waals surface area contributed by atoms with Crippen LogP contribution >= 0.6 is 0 Å². The van der Waals surface area contributed by atoms with Crippen molar-refractivity contribution in [2.75, 3.05) is 53.4 Å². The second-order valence-electron chi connectivity index (χ2n) is 6.85. The number of aliphatic hydroxyl groups is 1. The van der Waals surface area contributed by atoms with Crippen LogP contribution in [0.3, 0.4) is 0 Å². The third-order valence-electron chi connectivity index (χ3n) is 3.64. The lowest BCUT2D eigenvalue weighted by molar-refractivity contribution is 0.153. The van der Waals surface area contributed by atoms with Crippen LogP contribution in [-0.2, 0) is 0 Å². The van der Waals surface area contributed by atoms with Crippen molar-refractivity contribution in [3.05, 3.63) is 0 Å². The van der Waals surface area contributed by atoms with Crippen LogP contribution in [0.4, 0.5) is 0 Å². The minimum atomic E-state index is -0.125. The lowest BCUT2D eigenvalue weighted by atomic mass is 9.96. The van der Waals surface area contributed by atoms with E-state index in [4.69, 9.17) is 0 Å². The maximum Gasteiger partial charge on any atom is 0.0610 e. The van der Waals surface area contributed by atoms with E-state index in [9.17, 15) is 5.11 Å². The zero-order valence-corrected chi connectivity index (χ0v) is 14.6. The monoisotopic (exact) mass is 287 g/mol. The summed E-state index contributed by atoms with van der Waals surface area (Å²) in [7, 11) is 4.25. The van der Waals surface area contributed by atoms with E-state index in [1.807, 2.05) is 0 Å². The van der Waals surface area contributed by atoms with Gasteiger partial charge >= 0.3 is 0 Å². The average Bonchev–Trinajstić information content (AvgIpc) is 2.35. The fourth-order valence-electron chi connectivity index (χ4n) is 2.50. The maximum atomic E-state index is 9.52. The Morgan fingerprint density at radius 2 is 1.80 bits per heavy atom. The molecule has 4 nitrogen and oxygen atoms in total. The quantitative estimate of drug-likeness (QED) is 0.572. The third-order valence-corrected chi connectivity index (χ3v) is 3.64. The molecule has 4 heteroatoms. The molecule has 0 saturated heterocycles. The molecule has 0 aliphatic heterocycles. The van der Waals surface area contributed by atoms with Gasteiger partial charge in [-0.05, 0) is 52.9 Å². The molecule has 0 aromatic rings. The van der Waals surface area contributed by atoms with Crippen LogP contribution < -0.4 is 5.32 Å². The van der Waals surface area contributed by atoms with Gasteiger partial charge in [-0.15, -0.1) is 0 Å². The first kappa shape index (κ1) is 19.8. The van der Waals surface area contributed by atoms with E-state index < -0.39 is 0 Å². The van der Waals surface area contributed by atoms with Gasteiger partial charge in [-0.3, -0.25) is 0 Å². The van der Waals surface area contributed by atoms with Gasteiger partial charge in [-0.2, -0.15) is 0 Å². The summed E-state index contributed by atoms with van der Waals surface area (Å²) in [4.78, 5) is 4.79. The summed E-state index contributed by atoms with van der Waals surface area (Å²) in [6.07, 6.45) is 2.15. The highest BCUT2D eigenvalue weighted by atomic mass is 16.3. The molecular weight excluding hydrogens is 250 g/mol. The minimum Gasteiger partial charge on any atom is -0.394 e. The topological polar surface area (TPSA) is 38.7 Å². The fourth-order valence-corrected chi connectivity index (χ4v) is 2.50. The number of hydrogen-bond acceptors (Lipinski definition) is 4. The predicted molar refractivity (Wildman–Crippen MR) is 88.2 cm³/mol. The van der Waals surface area contributed by atoms with Crippen LogP contribution in [0.25, 0.3) is 0 Å². The molecule has 1 atom stereocenters. The van der Waals surface area contributed by atoms with Crippen LogP contribution in [0.1, 0.15) is 40.5 Å². The molecule has 0 aromatic carbocycles. The first-order valence-electron chi connectivity index (χ1n) is 8.06. The third kappa shape index (κ3) is 9.70. The standard InChI is InChI=1S/C16H37N3O/c1-7-17-16(4,14-20)9-8-10-19(13-15(2)3)12-11-18(5)6/h15,17,20H,7-14H2,1-6H3. The van der Waals surface area contributed by atoms with E-state index in [-0.39, 0.29) is 12.1 Å². The van der Waals surface area contributed by atoms with Gasteiger partial charge in [-0.1, -0.05) is 20.8 Å². The highest BCUT2D eigenvalue weighted by Crippen LogP contribution is 2.12. The Bertz CT molecular complexity index is 234. The molecule has 0 amide bonds. The predicted octanol–water partition coefficient (Wildman–Crippen LogP) is 1.65. The van der Waals surface area contributed by atoms with Gasteiger partial charge < -0.3 is 20.2 Å². The van der Waals surface area contributed by atoms with Crippen molar-refractivity contribution in [2.24, 2.45) is 5.92 Å². The number of likely N-dealkylation sites (N-methyl/N-ethyl adjacent to an activating group) is 2. The Morgan fingerprint density at radius 1 is 1.15 bits per heavy atom. The van der Waals surface area contributed by atoms with Crippen LogP contribution in [0.15, 0.2) is 0 Å². The normalized spacial score (nSPS) is 15.3. The smallest absolute Gasteiger partial charge is 0.0610 e. The van der Waals surface area contributed by atoms with Crippen molar-refractivity contribution in [1.29, 1.82) is 0 Å². The summed E-state index contributed by atoms with van der Waals surface area (Å²) in [5, 5.41) is 12.9. The summed E-state index contributed by atoms with van der Waals surface area (Å²) in [5.74, 6) is 0.704. The van der Waals surface area contributed by atoms with E-state index in [1.165, 1.54) is 0 Å². The summed E-state index contributed by atoms with van der Waals surface area (Å²) in [6.45, 7) is 14.4. The zero-order chi connectivity index (χ0) is 15.6. The molecule has 2 N–H and O–H groups in total. The molecule has 0 bridgehead atoms. The van der Waals surface area contributed by atoms with Gasteiger partial charge in [0, 0.05) is 25.2 Å². The van der Waals surface area contributed by atoms with Crippen molar-refractivity contribution >= 4 is 0 Å². The van der Waals surface area contributed by atoms with Crippen molar-refractivity contribution < 1.29 is 5.11 Å². The van der Waals surface area contributed by atoms with Gasteiger partial charge in [0.1, 0.15) is 0 Å². The average molecular weight is 287 g/mol. The molecule has 0 radical (unpaired) electrons. The first-order valence-corrected chi connectivity index (χ1v) is 8.06. The van der Waals surface area contributed by atoms with Gasteiger partial charge in [0.25, 0.3) is 0 Å². The van der Waals surface area contributed by atoms with Crippen LogP contribution in [0.2, 0.25) is 0 Å². The van der Waals surface area contributed by atoms with Gasteiger partial charge in [-0.25, -0.2) is 0 Å². The lowest BCUT2D eigenvalue weighted by Crippen LogP contribution is -2.46. The molecular formula is C16H37N3O. The molecule has 0 heterocycles. The molecule has 0 fully saturated rings. The molecule has 0 spiro atoms. The molecule has 0 saturated carbocycles. The molecule has 0 aliphatic carbocycles. The SMILES string of the molecule is CCNC(C)(CO)CCCN(CCN(C)C)CC(C)C. The first-order chi connectivity index (χ1) is 9.33. The molecule has 0 aromatic heterocycles. The van der Waals surface area contributed by atoms with E-state index in [2.05, 4.69) is 56.9 Å².